The van der Waals surface area contributed by atoms with Crippen LogP contribution < -0.4 is 10.1 Å². The van der Waals surface area contributed by atoms with Crippen LogP contribution in [0.1, 0.15) is 6.42 Å². The molecule has 9 heteroatoms. The molecule has 1 aliphatic rings. The number of aliphatic carboxylic acids is 1. The van der Waals surface area contributed by atoms with E-state index in [9.17, 15) is 18.4 Å². The molecule has 0 radical (unpaired) electrons. The summed E-state index contributed by atoms with van der Waals surface area (Å²) in [7, 11) is 0. The smallest absolute Gasteiger partial charge is 0.387 e. The van der Waals surface area contributed by atoms with Gasteiger partial charge in [0, 0.05) is 13.1 Å². The van der Waals surface area contributed by atoms with Crippen molar-refractivity contribution in [3.63, 3.8) is 0 Å². The van der Waals surface area contributed by atoms with Gasteiger partial charge in [-0.2, -0.15) is 8.78 Å². The lowest BCUT2D eigenvalue weighted by Gasteiger charge is -2.16. The number of alkyl halides is 2. The molecule has 0 aliphatic carbocycles. The summed E-state index contributed by atoms with van der Waals surface area (Å²) in [5.41, 5.74) is 0. The van der Waals surface area contributed by atoms with E-state index in [1.54, 1.807) is 0 Å². The molecule has 2 heterocycles. The van der Waals surface area contributed by atoms with E-state index >= 15 is 0 Å². The van der Waals surface area contributed by atoms with E-state index in [2.05, 4.69) is 15.0 Å². The molecule has 21 heavy (non-hydrogen) atoms. The highest BCUT2D eigenvalue weighted by Gasteiger charge is 2.30. The highest BCUT2D eigenvalue weighted by Crippen LogP contribution is 2.18. The summed E-state index contributed by atoms with van der Waals surface area (Å²) in [5, 5.41) is 11.3. The van der Waals surface area contributed by atoms with Gasteiger partial charge >= 0.3 is 18.6 Å². The van der Waals surface area contributed by atoms with Crippen molar-refractivity contribution < 1.29 is 28.2 Å². The average Bonchev–Trinajstić information content (AvgIpc) is 2.90. The molecule has 0 saturated carbocycles. The fourth-order valence-corrected chi connectivity index (χ4v) is 1.96. The van der Waals surface area contributed by atoms with Crippen molar-refractivity contribution in [2.24, 2.45) is 5.92 Å². The molecule has 0 aromatic carbocycles. The summed E-state index contributed by atoms with van der Waals surface area (Å²) < 4.78 is 28.1. The number of halogens is 2. The summed E-state index contributed by atoms with van der Waals surface area (Å²) in [5.74, 6) is -1.45. The lowest BCUT2D eigenvalue weighted by molar-refractivity contribution is -0.141. The lowest BCUT2D eigenvalue weighted by atomic mass is 10.1. The average molecular weight is 301 g/mol. The Morgan fingerprint density at radius 2 is 2.24 bits per heavy atom. The Kier molecular flexibility index (Phi) is 4.51. The summed E-state index contributed by atoms with van der Waals surface area (Å²) in [6.45, 7) is -2.46. The number of amides is 2. The number of likely N-dealkylation sites (tertiary alicyclic amines) is 1. The fraction of sp³-hybridized carbons (Fsp3) is 0.417. The normalized spacial score (nSPS) is 17.9. The number of carbonyl (C=O) groups is 2. The minimum Gasteiger partial charge on any atom is -0.481 e. The fourth-order valence-electron chi connectivity index (χ4n) is 1.96. The molecule has 1 unspecified atom stereocenters. The maximum absolute atomic E-state index is 12.0. The molecular formula is C12H13F2N3O4. The van der Waals surface area contributed by atoms with Gasteiger partial charge < -0.3 is 14.7 Å². The van der Waals surface area contributed by atoms with Crippen molar-refractivity contribution >= 4 is 17.8 Å². The number of carboxylic acid groups (broad SMARTS) is 1. The van der Waals surface area contributed by atoms with Gasteiger partial charge in [0.15, 0.2) is 0 Å². The number of hydrogen-bond donors (Lipinski definition) is 2. The number of carboxylic acids is 1. The number of rotatable bonds is 4. The molecule has 2 rings (SSSR count). The van der Waals surface area contributed by atoms with Crippen LogP contribution in [0.5, 0.6) is 5.75 Å². The van der Waals surface area contributed by atoms with Crippen LogP contribution in [0.4, 0.5) is 19.4 Å². The van der Waals surface area contributed by atoms with Gasteiger partial charge in [-0.05, 0) is 18.6 Å². The van der Waals surface area contributed by atoms with Gasteiger partial charge in [-0.3, -0.25) is 10.1 Å². The molecule has 1 saturated heterocycles. The molecule has 1 fully saturated rings. The van der Waals surface area contributed by atoms with Crippen molar-refractivity contribution in [2.75, 3.05) is 18.4 Å². The van der Waals surface area contributed by atoms with Crippen LogP contribution in [0.3, 0.4) is 0 Å². The molecule has 2 amide bonds. The van der Waals surface area contributed by atoms with Crippen molar-refractivity contribution in [1.29, 1.82) is 0 Å². The number of aromatic nitrogens is 1. The number of ether oxygens (including phenoxy) is 1. The van der Waals surface area contributed by atoms with Gasteiger partial charge in [0.05, 0.1) is 12.1 Å². The van der Waals surface area contributed by atoms with Crippen LogP contribution in [-0.4, -0.2) is 46.7 Å². The largest absolute Gasteiger partial charge is 0.481 e. The molecule has 114 valence electrons. The SMILES string of the molecule is O=C(O)C1CCN(C(=O)Nc2ccc(OC(F)F)cn2)C1. The van der Waals surface area contributed by atoms with E-state index in [0.717, 1.165) is 6.20 Å². The molecule has 0 bridgehead atoms. The molecule has 1 aromatic heterocycles. The van der Waals surface area contributed by atoms with Crippen LogP contribution in [0.25, 0.3) is 0 Å². The third-order valence-corrected chi connectivity index (χ3v) is 3.02. The second-order valence-electron chi connectivity index (χ2n) is 4.46. The Labute approximate surface area is 118 Å². The molecular weight excluding hydrogens is 288 g/mol. The van der Waals surface area contributed by atoms with Gasteiger partial charge in [-0.25, -0.2) is 9.78 Å². The number of nitrogens with zero attached hydrogens (tertiary/aromatic N) is 2. The minimum atomic E-state index is -2.94. The number of carbonyl (C=O) groups excluding carboxylic acids is 1. The summed E-state index contributed by atoms with van der Waals surface area (Å²) in [4.78, 5) is 27.8. The van der Waals surface area contributed by atoms with E-state index in [1.165, 1.54) is 17.0 Å². The van der Waals surface area contributed by atoms with Gasteiger partial charge in [-0.15, -0.1) is 0 Å². The standard InChI is InChI=1S/C12H13F2N3O4/c13-11(14)21-8-1-2-9(15-5-8)16-12(20)17-4-3-7(6-17)10(18)19/h1-2,5,7,11H,3-4,6H2,(H,18,19)(H,15,16,20). The van der Waals surface area contributed by atoms with E-state index in [-0.39, 0.29) is 18.1 Å². The van der Waals surface area contributed by atoms with Gasteiger partial charge in [0.2, 0.25) is 0 Å². The highest BCUT2D eigenvalue weighted by molar-refractivity contribution is 5.89. The first-order chi connectivity index (χ1) is 9.95. The first-order valence-corrected chi connectivity index (χ1v) is 6.15. The second kappa shape index (κ2) is 6.33. The van der Waals surface area contributed by atoms with Crippen molar-refractivity contribution in [3.8, 4) is 5.75 Å². The number of hydrogen-bond acceptors (Lipinski definition) is 4. The molecule has 1 atom stereocenters. The third kappa shape index (κ3) is 4.01. The Balaban J connectivity index is 1.89. The topological polar surface area (TPSA) is 91.8 Å². The van der Waals surface area contributed by atoms with Crippen LogP contribution in [0.2, 0.25) is 0 Å². The highest BCUT2D eigenvalue weighted by atomic mass is 19.3. The predicted octanol–water partition coefficient (Wildman–Crippen LogP) is 1.62. The first kappa shape index (κ1) is 14.9. The number of nitrogens with one attached hydrogen (secondary N) is 1. The van der Waals surface area contributed by atoms with E-state index in [4.69, 9.17) is 5.11 Å². The van der Waals surface area contributed by atoms with Gasteiger partial charge in [0.25, 0.3) is 0 Å². The second-order valence-corrected chi connectivity index (χ2v) is 4.46. The molecule has 1 aliphatic heterocycles. The zero-order valence-electron chi connectivity index (χ0n) is 10.8. The van der Waals surface area contributed by atoms with Crippen LogP contribution in [0.15, 0.2) is 18.3 Å². The van der Waals surface area contributed by atoms with Crippen molar-refractivity contribution in [3.05, 3.63) is 18.3 Å². The summed E-state index contributed by atoms with van der Waals surface area (Å²) in [6.07, 6.45) is 1.46. The molecule has 1 aromatic rings. The quantitative estimate of drug-likeness (QED) is 0.881. The van der Waals surface area contributed by atoms with Gasteiger partial charge in [-0.1, -0.05) is 0 Å². The lowest BCUT2D eigenvalue weighted by Crippen LogP contribution is -2.34. The number of pyridine rings is 1. The Hall–Kier alpha value is -2.45. The van der Waals surface area contributed by atoms with Crippen molar-refractivity contribution in [1.82, 2.24) is 9.88 Å². The summed E-state index contributed by atoms with van der Waals surface area (Å²) in [6, 6.07) is 2.09. The zero-order chi connectivity index (χ0) is 15.4. The zero-order valence-corrected chi connectivity index (χ0v) is 10.8. The van der Waals surface area contributed by atoms with Crippen LogP contribution >= 0.6 is 0 Å². The van der Waals surface area contributed by atoms with E-state index in [0.29, 0.717) is 13.0 Å². The predicted molar refractivity (Wildman–Crippen MR) is 67.2 cm³/mol. The Morgan fingerprint density at radius 1 is 1.48 bits per heavy atom. The minimum absolute atomic E-state index is 0.116. The van der Waals surface area contributed by atoms with Gasteiger partial charge in [0.1, 0.15) is 11.6 Å². The molecule has 2 N–H and O–H groups in total. The van der Waals surface area contributed by atoms with E-state index < -0.39 is 24.5 Å². The maximum Gasteiger partial charge on any atom is 0.387 e. The summed E-state index contributed by atoms with van der Waals surface area (Å²) >= 11 is 0. The number of anilines is 1. The van der Waals surface area contributed by atoms with Crippen molar-refractivity contribution in [2.45, 2.75) is 13.0 Å². The first-order valence-electron chi connectivity index (χ1n) is 6.15. The molecule has 7 nitrogen and oxygen atoms in total. The third-order valence-electron chi connectivity index (χ3n) is 3.02. The Morgan fingerprint density at radius 3 is 2.76 bits per heavy atom. The maximum atomic E-state index is 12.0. The van der Waals surface area contributed by atoms with E-state index in [1.807, 2.05) is 0 Å². The monoisotopic (exact) mass is 301 g/mol. The van der Waals surface area contributed by atoms with Crippen LogP contribution in [0, 0.1) is 5.92 Å². The Bertz CT molecular complexity index is 524. The molecule has 0 spiro atoms. The van der Waals surface area contributed by atoms with Crippen LogP contribution in [-0.2, 0) is 4.79 Å². The number of urea groups is 1.